The van der Waals surface area contributed by atoms with Crippen molar-refractivity contribution in [1.29, 1.82) is 0 Å². The molecule has 0 fully saturated rings. The minimum Gasteiger partial charge on any atom is -0.506 e. The number of rotatable bonds is 5. The normalized spacial score (nSPS) is 12.1. The summed E-state index contributed by atoms with van der Waals surface area (Å²) in [6, 6.07) is 6.33. The number of halogens is 1. The lowest BCUT2D eigenvalue weighted by Crippen LogP contribution is -2.17. The molecule has 23 heavy (non-hydrogen) atoms. The van der Waals surface area contributed by atoms with Crippen molar-refractivity contribution in [3.8, 4) is 0 Å². The fourth-order valence-corrected chi connectivity index (χ4v) is 3.03. The van der Waals surface area contributed by atoms with Gasteiger partial charge in [-0.25, -0.2) is 4.79 Å². The molecule has 0 saturated heterocycles. The maximum absolute atomic E-state index is 12.5. The van der Waals surface area contributed by atoms with Crippen LogP contribution in [-0.4, -0.2) is 39.6 Å². The zero-order valence-electron chi connectivity index (χ0n) is 11.2. The van der Waals surface area contributed by atoms with Crippen molar-refractivity contribution in [2.24, 2.45) is 0 Å². The van der Waals surface area contributed by atoms with Crippen LogP contribution in [0.4, 0.5) is 0 Å². The molecule has 0 spiro atoms. The molecule has 0 bridgehead atoms. The van der Waals surface area contributed by atoms with Crippen LogP contribution in [0.25, 0.3) is 5.76 Å². The summed E-state index contributed by atoms with van der Waals surface area (Å²) in [5.74, 6) is -4.03. The van der Waals surface area contributed by atoms with E-state index < -0.39 is 27.5 Å². The molecular formula is C13H9ClN2O6S. The first-order valence-corrected chi connectivity index (χ1v) is 7.79. The number of hydrogen-bond acceptors (Lipinski definition) is 6. The van der Waals surface area contributed by atoms with Gasteiger partial charge in [0.2, 0.25) is 0 Å². The smallest absolute Gasteiger partial charge is 0.376 e. The molecule has 120 valence electrons. The van der Waals surface area contributed by atoms with Crippen LogP contribution in [0.3, 0.4) is 0 Å². The second-order valence-corrected chi connectivity index (χ2v) is 6.42. The van der Waals surface area contributed by atoms with Crippen LogP contribution in [-0.2, 0) is 19.6 Å². The average molecular weight is 357 g/mol. The Balaban J connectivity index is 2.51. The Morgan fingerprint density at radius 1 is 1.13 bits per heavy atom. The van der Waals surface area contributed by atoms with E-state index in [1.165, 1.54) is 24.3 Å². The molecule has 2 aromatic rings. The Morgan fingerprint density at radius 2 is 1.74 bits per heavy atom. The Kier molecular flexibility index (Phi) is 4.52. The van der Waals surface area contributed by atoms with Crippen molar-refractivity contribution < 1.29 is 28.2 Å². The summed E-state index contributed by atoms with van der Waals surface area (Å²) in [4.78, 5) is 21.4. The Labute approximate surface area is 135 Å². The van der Waals surface area contributed by atoms with Crippen molar-refractivity contribution in [2.75, 3.05) is 0 Å². The lowest BCUT2D eigenvalue weighted by Gasteiger charge is -2.08. The first-order valence-electron chi connectivity index (χ1n) is 5.97. The summed E-state index contributed by atoms with van der Waals surface area (Å²) in [6.07, 6.45) is 1.48. The molecular weight excluding hydrogens is 348 g/mol. The second kappa shape index (κ2) is 6.23. The molecule has 0 unspecified atom stereocenters. The van der Waals surface area contributed by atoms with E-state index >= 15 is 0 Å². The Hall–Kier alpha value is -2.65. The molecule has 1 aromatic carbocycles. The first-order chi connectivity index (χ1) is 10.7. The van der Waals surface area contributed by atoms with Crippen LogP contribution < -0.4 is 0 Å². The number of carboxylic acids is 1. The number of aliphatic carboxylic acids is 1. The lowest BCUT2D eigenvalue weighted by molar-refractivity contribution is -0.146. The zero-order valence-corrected chi connectivity index (χ0v) is 12.8. The number of aromatic nitrogens is 2. The third kappa shape index (κ3) is 3.41. The van der Waals surface area contributed by atoms with E-state index in [1.54, 1.807) is 0 Å². The van der Waals surface area contributed by atoms with Gasteiger partial charge in [0.15, 0.2) is 0 Å². The van der Waals surface area contributed by atoms with Gasteiger partial charge in [-0.2, -0.15) is 13.5 Å². The average Bonchev–Trinajstić information content (AvgIpc) is 2.97. The van der Waals surface area contributed by atoms with Gasteiger partial charge in [0.1, 0.15) is 11.5 Å². The van der Waals surface area contributed by atoms with Gasteiger partial charge in [-0.1, -0.05) is 11.6 Å². The van der Waals surface area contributed by atoms with E-state index in [9.17, 15) is 23.1 Å². The number of aliphatic hydroxyl groups excluding tert-OH is 1. The quantitative estimate of drug-likeness (QED) is 0.470. The fraction of sp³-hybridized carbons (Fsp3) is 0. The minimum atomic E-state index is -4.16. The van der Waals surface area contributed by atoms with Crippen LogP contribution in [0.15, 0.2) is 47.5 Å². The predicted octanol–water partition coefficient (Wildman–Crippen LogP) is 1.33. The van der Waals surface area contributed by atoms with E-state index in [0.29, 0.717) is 15.2 Å². The van der Waals surface area contributed by atoms with Crippen molar-refractivity contribution in [1.82, 2.24) is 9.19 Å². The first kappa shape index (κ1) is 16.7. The number of carbonyl (C=O) groups excluding carboxylic acids is 1. The molecule has 0 aliphatic heterocycles. The topological polar surface area (TPSA) is 127 Å². The highest BCUT2D eigenvalue weighted by atomic mass is 35.5. The van der Waals surface area contributed by atoms with E-state index in [4.69, 9.17) is 16.7 Å². The molecule has 0 radical (unpaired) electrons. The highest BCUT2D eigenvalue weighted by molar-refractivity contribution is 7.89. The number of hydrogen-bond donors (Lipinski definition) is 2. The molecule has 2 rings (SSSR count). The van der Waals surface area contributed by atoms with Crippen LogP contribution in [0.1, 0.15) is 5.69 Å². The summed E-state index contributed by atoms with van der Waals surface area (Å²) in [5, 5.41) is 22.2. The van der Waals surface area contributed by atoms with Crippen molar-refractivity contribution in [3.05, 3.63) is 53.3 Å². The van der Waals surface area contributed by atoms with Gasteiger partial charge >= 0.3 is 5.97 Å². The monoisotopic (exact) mass is 356 g/mol. The van der Waals surface area contributed by atoms with Gasteiger partial charge in [0.05, 0.1) is 11.1 Å². The van der Waals surface area contributed by atoms with Gasteiger partial charge in [-0.3, -0.25) is 4.79 Å². The number of aliphatic hydroxyl groups is 1. The van der Waals surface area contributed by atoms with E-state index in [2.05, 4.69) is 5.10 Å². The van der Waals surface area contributed by atoms with Crippen molar-refractivity contribution in [2.45, 2.75) is 4.90 Å². The maximum Gasteiger partial charge on any atom is 0.376 e. The fourth-order valence-electron chi connectivity index (χ4n) is 1.63. The number of benzene rings is 1. The Morgan fingerprint density at radius 3 is 2.30 bits per heavy atom. The van der Waals surface area contributed by atoms with Crippen molar-refractivity contribution in [3.63, 3.8) is 0 Å². The number of nitrogens with zero attached hydrogens (tertiary/aromatic N) is 2. The van der Waals surface area contributed by atoms with Crippen LogP contribution in [0.2, 0.25) is 5.02 Å². The third-order valence-electron chi connectivity index (χ3n) is 2.69. The zero-order chi connectivity index (χ0) is 17.2. The van der Waals surface area contributed by atoms with E-state index in [1.807, 2.05) is 0 Å². The molecule has 1 aromatic heterocycles. The molecule has 10 heteroatoms. The predicted molar refractivity (Wildman–Crippen MR) is 79.5 cm³/mol. The summed E-state index contributed by atoms with van der Waals surface area (Å²) in [6.45, 7) is 0. The van der Waals surface area contributed by atoms with Gasteiger partial charge in [-0.15, -0.1) is 4.09 Å². The third-order valence-corrected chi connectivity index (χ3v) is 4.56. The molecule has 0 atom stereocenters. The SMILES string of the molecule is O=C(O)C(=O)C=C(O)c1ccnn1S(=O)(=O)c1ccc(Cl)cc1. The van der Waals surface area contributed by atoms with Crippen LogP contribution in [0.5, 0.6) is 0 Å². The summed E-state index contributed by atoms with van der Waals surface area (Å²) < 4.78 is 25.4. The van der Waals surface area contributed by atoms with E-state index in [-0.39, 0.29) is 10.6 Å². The van der Waals surface area contributed by atoms with Crippen LogP contribution >= 0.6 is 11.6 Å². The summed E-state index contributed by atoms with van der Waals surface area (Å²) in [7, 11) is -4.16. The van der Waals surface area contributed by atoms with Gasteiger partial charge in [0.25, 0.3) is 15.8 Å². The molecule has 8 nitrogen and oxygen atoms in total. The molecule has 0 saturated carbocycles. The van der Waals surface area contributed by atoms with Gasteiger partial charge in [-0.05, 0) is 30.3 Å². The molecule has 0 aliphatic carbocycles. The highest BCUT2D eigenvalue weighted by Gasteiger charge is 2.23. The van der Waals surface area contributed by atoms with Crippen molar-refractivity contribution >= 4 is 39.1 Å². The Bertz CT molecular complexity index is 899. The summed E-state index contributed by atoms with van der Waals surface area (Å²) in [5.41, 5.74) is -0.352. The van der Waals surface area contributed by atoms with Gasteiger partial charge < -0.3 is 10.2 Å². The lowest BCUT2D eigenvalue weighted by atomic mass is 10.3. The second-order valence-electron chi connectivity index (χ2n) is 4.22. The molecule has 1 heterocycles. The maximum atomic E-state index is 12.5. The number of carbonyl (C=O) groups is 2. The molecule has 0 amide bonds. The highest BCUT2D eigenvalue weighted by Crippen LogP contribution is 2.20. The van der Waals surface area contributed by atoms with Crippen LogP contribution in [0, 0.1) is 0 Å². The minimum absolute atomic E-state index is 0.149. The number of ketones is 1. The largest absolute Gasteiger partial charge is 0.506 e. The van der Waals surface area contributed by atoms with E-state index in [0.717, 1.165) is 12.3 Å². The number of carboxylic acid groups (broad SMARTS) is 1. The van der Waals surface area contributed by atoms with Gasteiger partial charge in [0, 0.05) is 11.1 Å². The molecule has 2 N–H and O–H groups in total. The molecule has 0 aliphatic rings. The summed E-state index contributed by atoms with van der Waals surface area (Å²) >= 11 is 5.70. The standard InChI is InChI=1S/C13H9ClN2O6S/c14-8-1-3-9(4-2-8)23(21,22)16-10(5-6-15-16)11(17)7-12(18)13(19)20/h1-7,17H,(H,19,20).